The number of aromatic amines is 1. The fourth-order valence-corrected chi connectivity index (χ4v) is 3.22. The van der Waals surface area contributed by atoms with Crippen LogP contribution in [0.4, 0.5) is 14.5 Å². The topological polar surface area (TPSA) is 122 Å². The molecule has 2 aromatic heterocycles. The lowest BCUT2D eigenvalue weighted by atomic mass is 10.1. The Labute approximate surface area is 186 Å². The average Bonchev–Trinajstić information content (AvgIpc) is 3.42. The highest BCUT2D eigenvalue weighted by Crippen LogP contribution is 2.23. The van der Waals surface area contributed by atoms with Crippen molar-refractivity contribution in [2.45, 2.75) is 12.8 Å². The zero-order chi connectivity index (χ0) is 23.4. The number of aromatic nitrogens is 3. The fraction of sp³-hybridized carbons (Fsp3) is 0.182. The molecule has 3 N–H and O–H groups in total. The highest BCUT2D eigenvalue weighted by atomic mass is 19.1. The number of hydrogen-bond donors (Lipinski definition) is 3. The SMILES string of the molecule is COc1ccc2[nH]cc(CCNC(=O)c3nc(CC(=O)Nc4ccc(F)cc4F)no3)c2c1. The van der Waals surface area contributed by atoms with Gasteiger partial charge in [0.2, 0.25) is 5.91 Å². The number of nitrogens with zero attached hydrogens (tertiary/aromatic N) is 2. The van der Waals surface area contributed by atoms with Crippen molar-refractivity contribution in [1.82, 2.24) is 20.4 Å². The van der Waals surface area contributed by atoms with Gasteiger partial charge in [-0.2, -0.15) is 4.98 Å². The third kappa shape index (κ3) is 5.14. The summed E-state index contributed by atoms with van der Waals surface area (Å²) in [6.07, 6.45) is 2.06. The second kappa shape index (κ2) is 9.47. The molecule has 9 nitrogen and oxygen atoms in total. The lowest BCUT2D eigenvalue weighted by Crippen LogP contribution is -2.26. The molecule has 0 spiro atoms. The molecule has 0 saturated heterocycles. The number of H-pyrrole nitrogens is 1. The third-order valence-electron chi connectivity index (χ3n) is 4.84. The van der Waals surface area contributed by atoms with E-state index in [2.05, 4.69) is 25.8 Å². The minimum atomic E-state index is -0.912. The molecule has 0 aliphatic rings. The van der Waals surface area contributed by atoms with Gasteiger partial charge in [-0.15, -0.1) is 0 Å². The minimum absolute atomic E-state index is 0.0520. The standard InChI is InChI=1S/C22H19F2N5O4/c1-32-14-3-5-17-15(9-14)12(11-26-17)6-7-25-21(31)22-28-19(29-33-22)10-20(30)27-18-4-2-13(23)8-16(18)24/h2-5,8-9,11,26H,6-7,10H2,1H3,(H,25,31)(H,27,30). The van der Waals surface area contributed by atoms with Crippen molar-refractivity contribution in [3.8, 4) is 5.75 Å². The Kier molecular flexibility index (Phi) is 6.29. The van der Waals surface area contributed by atoms with Crippen LogP contribution < -0.4 is 15.4 Å². The Morgan fingerprint density at radius 1 is 1.18 bits per heavy atom. The van der Waals surface area contributed by atoms with E-state index >= 15 is 0 Å². The molecule has 4 rings (SSSR count). The number of benzene rings is 2. The Hall–Kier alpha value is -4.28. The summed E-state index contributed by atoms with van der Waals surface area (Å²) in [4.78, 5) is 31.4. The molecular weight excluding hydrogens is 436 g/mol. The van der Waals surface area contributed by atoms with Crippen LogP contribution in [0.1, 0.15) is 22.1 Å². The van der Waals surface area contributed by atoms with Crippen LogP contribution in [0.25, 0.3) is 10.9 Å². The third-order valence-corrected chi connectivity index (χ3v) is 4.84. The Morgan fingerprint density at radius 2 is 2.03 bits per heavy atom. The van der Waals surface area contributed by atoms with Crippen LogP contribution in [0, 0.1) is 11.6 Å². The molecule has 2 heterocycles. The molecular formula is C22H19F2N5O4. The number of hydrogen-bond acceptors (Lipinski definition) is 6. The molecule has 33 heavy (non-hydrogen) atoms. The molecule has 0 aliphatic carbocycles. The van der Waals surface area contributed by atoms with Gasteiger partial charge in [-0.3, -0.25) is 9.59 Å². The van der Waals surface area contributed by atoms with Crippen molar-refractivity contribution in [2.75, 3.05) is 19.0 Å². The molecule has 2 amide bonds. The highest BCUT2D eigenvalue weighted by Gasteiger charge is 2.18. The van der Waals surface area contributed by atoms with E-state index in [1.54, 1.807) is 7.11 Å². The van der Waals surface area contributed by atoms with Crippen LogP contribution in [0.3, 0.4) is 0 Å². The summed E-state index contributed by atoms with van der Waals surface area (Å²) in [5.74, 6) is -2.53. The first kappa shape index (κ1) is 21.9. The van der Waals surface area contributed by atoms with Gasteiger partial charge in [0.25, 0.3) is 0 Å². The van der Waals surface area contributed by atoms with E-state index in [1.807, 2.05) is 24.4 Å². The van der Waals surface area contributed by atoms with Gasteiger partial charge in [0.15, 0.2) is 5.82 Å². The fourth-order valence-electron chi connectivity index (χ4n) is 3.22. The van der Waals surface area contributed by atoms with Gasteiger partial charge in [0.1, 0.15) is 17.4 Å². The summed E-state index contributed by atoms with van der Waals surface area (Å²) in [5.41, 5.74) is 1.77. The molecule has 0 unspecified atom stereocenters. The molecule has 0 bridgehead atoms. The van der Waals surface area contributed by atoms with Crippen LogP contribution in [0.2, 0.25) is 0 Å². The van der Waals surface area contributed by atoms with Gasteiger partial charge in [0, 0.05) is 29.7 Å². The Bertz CT molecular complexity index is 1320. The van der Waals surface area contributed by atoms with Crippen LogP contribution >= 0.6 is 0 Å². The minimum Gasteiger partial charge on any atom is -0.497 e. The second-order valence-corrected chi connectivity index (χ2v) is 7.10. The first-order valence-corrected chi connectivity index (χ1v) is 9.92. The van der Waals surface area contributed by atoms with Crippen LogP contribution in [0.15, 0.2) is 47.1 Å². The number of nitrogens with one attached hydrogen (secondary N) is 3. The molecule has 0 saturated carbocycles. The maximum atomic E-state index is 13.6. The van der Waals surface area contributed by atoms with Gasteiger partial charge < -0.3 is 24.9 Å². The number of carbonyl (C=O) groups is 2. The number of halogens is 2. The van der Waals surface area contributed by atoms with Crippen molar-refractivity contribution in [3.63, 3.8) is 0 Å². The summed E-state index contributed by atoms with van der Waals surface area (Å²) in [5, 5.41) is 9.55. The van der Waals surface area contributed by atoms with E-state index in [4.69, 9.17) is 9.26 Å². The van der Waals surface area contributed by atoms with Crippen LogP contribution in [0.5, 0.6) is 5.75 Å². The van der Waals surface area contributed by atoms with Crippen LogP contribution in [-0.4, -0.2) is 40.6 Å². The van der Waals surface area contributed by atoms with Crippen molar-refractivity contribution < 1.29 is 27.6 Å². The number of ether oxygens (including phenoxy) is 1. The predicted octanol–water partition coefficient (Wildman–Crippen LogP) is 2.99. The van der Waals surface area contributed by atoms with E-state index in [1.165, 1.54) is 0 Å². The smallest absolute Gasteiger partial charge is 0.315 e. The summed E-state index contributed by atoms with van der Waals surface area (Å²) in [7, 11) is 1.59. The van der Waals surface area contributed by atoms with E-state index in [0.717, 1.165) is 34.3 Å². The van der Waals surface area contributed by atoms with Gasteiger partial charge in [-0.25, -0.2) is 8.78 Å². The normalized spacial score (nSPS) is 10.9. The zero-order valence-corrected chi connectivity index (χ0v) is 17.4. The molecule has 11 heteroatoms. The number of rotatable bonds is 8. The van der Waals surface area contributed by atoms with Gasteiger partial charge >= 0.3 is 11.8 Å². The van der Waals surface area contributed by atoms with E-state index in [0.29, 0.717) is 19.0 Å². The van der Waals surface area contributed by atoms with E-state index in [-0.39, 0.29) is 23.8 Å². The molecule has 4 aromatic rings. The Balaban J connectivity index is 1.30. The Morgan fingerprint density at radius 3 is 2.82 bits per heavy atom. The quantitative estimate of drug-likeness (QED) is 0.376. The van der Waals surface area contributed by atoms with Crippen molar-refractivity contribution in [1.29, 1.82) is 0 Å². The van der Waals surface area contributed by atoms with Crippen molar-refractivity contribution in [2.24, 2.45) is 0 Å². The van der Waals surface area contributed by atoms with Crippen LogP contribution in [-0.2, 0) is 17.6 Å². The first-order valence-electron chi connectivity index (χ1n) is 9.92. The molecule has 170 valence electrons. The van der Waals surface area contributed by atoms with Gasteiger partial charge in [0.05, 0.1) is 19.2 Å². The second-order valence-electron chi connectivity index (χ2n) is 7.10. The van der Waals surface area contributed by atoms with Gasteiger partial charge in [-0.05, 0) is 42.3 Å². The average molecular weight is 455 g/mol. The first-order chi connectivity index (χ1) is 15.9. The summed E-state index contributed by atoms with van der Waals surface area (Å²) in [6.45, 7) is 0.311. The maximum Gasteiger partial charge on any atom is 0.315 e. The van der Waals surface area contributed by atoms with Crippen molar-refractivity contribution in [3.05, 3.63) is 71.5 Å². The summed E-state index contributed by atoms with van der Waals surface area (Å²) in [6, 6.07) is 8.45. The monoisotopic (exact) mass is 455 g/mol. The lowest BCUT2D eigenvalue weighted by Gasteiger charge is -2.04. The maximum absolute atomic E-state index is 13.6. The number of methoxy groups -OCH3 is 1. The van der Waals surface area contributed by atoms with Crippen molar-refractivity contribution >= 4 is 28.4 Å². The zero-order valence-electron chi connectivity index (χ0n) is 17.4. The molecule has 0 fully saturated rings. The van der Waals surface area contributed by atoms with E-state index < -0.39 is 23.4 Å². The van der Waals surface area contributed by atoms with E-state index in [9.17, 15) is 18.4 Å². The highest BCUT2D eigenvalue weighted by molar-refractivity contribution is 5.92. The summed E-state index contributed by atoms with van der Waals surface area (Å²) < 4.78 is 36.7. The lowest BCUT2D eigenvalue weighted by molar-refractivity contribution is -0.115. The van der Waals surface area contributed by atoms with Gasteiger partial charge in [-0.1, -0.05) is 5.16 Å². The summed E-state index contributed by atoms with van der Waals surface area (Å²) >= 11 is 0. The molecule has 2 aromatic carbocycles. The molecule has 0 radical (unpaired) electrons. The number of amides is 2. The molecule has 0 aliphatic heterocycles. The number of carbonyl (C=O) groups excluding carboxylic acids is 2. The predicted molar refractivity (Wildman–Crippen MR) is 114 cm³/mol. The largest absolute Gasteiger partial charge is 0.497 e. The number of fused-ring (bicyclic) bond motifs is 1. The number of anilines is 1. The molecule has 0 atom stereocenters.